The maximum Gasteiger partial charge on any atom is 0.239 e. The number of hydrogen-bond donors (Lipinski definition) is 1. The van der Waals surface area contributed by atoms with Crippen LogP contribution < -0.4 is 5.32 Å². The maximum absolute atomic E-state index is 13.5. The van der Waals surface area contributed by atoms with Gasteiger partial charge in [0.1, 0.15) is 5.83 Å². The van der Waals surface area contributed by atoms with Gasteiger partial charge in [0.25, 0.3) is 0 Å². The number of hydrogen-bond acceptors (Lipinski definition) is 2. The number of alkyl halides is 1. The Morgan fingerprint density at radius 2 is 1.92 bits per heavy atom. The van der Waals surface area contributed by atoms with Crippen molar-refractivity contribution in [3.05, 3.63) is 23.6 Å². The molecule has 5 heteroatoms. The van der Waals surface area contributed by atoms with E-state index in [1.807, 2.05) is 11.0 Å². The molecule has 2 aliphatic rings. The number of nitrogens with one attached hydrogen (secondary N) is 1. The molecule has 1 unspecified atom stereocenters. The van der Waals surface area contributed by atoms with Gasteiger partial charge in [-0.15, -0.1) is 0 Å². The first-order chi connectivity index (χ1) is 12.3. The number of halogens is 2. The third-order valence-corrected chi connectivity index (χ3v) is 5.46. The Morgan fingerprint density at radius 1 is 1.27 bits per heavy atom. The predicted octanol–water partition coefficient (Wildman–Crippen LogP) is 4.41. The molecule has 0 spiro atoms. The van der Waals surface area contributed by atoms with Gasteiger partial charge in [0, 0.05) is 19.5 Å². The van der Waals surface area contributed by atoms with Crippen LogP contribution in [0.1, 0.15) is 53.4 Å². The van der Waals surface area contributed by atoms with Crippen LogP contribution in [0, 0.1) is 17.8 Å². The van der Waals surface area contributed by atoms with Crippen molar-refractivity contribution in [2.75, 3.05) is 19.6 Å². The van der Waals surface area contributed by atoms with E-state index < -0.39 is 12.0 Å². The highest BCUT2D eigenvalue weighted by Crippen LogP contribution is 2.32. The molecule has 1 saturated heterocycles. The Bertz CT molecular complexity index is 534. The minimum atomic E-state index is -1.48. The van der Waals surface area contributed by atoms with Crippen molar-refractivity contribution in [1.82, 2.24) is 10.2 Å². The molecule has 0 aromatic heterocycles. The fourth-order valence-corrected chi connectivity index (χ4v) is 3.71. The fraction of sp³-hybridized carbons (Fsp3) is 0.762. The Morgan fingerprint density at radius 3 is 2.46 bits per heavy atom. The van der Waals surface area contributed by atoms with Crippen LogP contribution in [0.5, 0.6) is 0 Å². The van der Waals surface area contributed by atoms with Crippen LogP contribution in [0.2, 0.25) is 0 Å². The quantitative estimate of drug-likeness (QED) is 0.722. The zero-order valence-electron chi connectivity index (χ0n) is 16.6. The summed E-state index contributed by atoms with van der Waals surface area (Å²) in [7, 11) is 0. The lowest BCUT2D eigenvalue weighted by Crippen LogP contribution is -2.51. The molecule has 2 atom stereocenters. The second-order valence-electron chi connectivity index (χ2n) is 8.39. The second kappa shape index (κ2) is 9.63. The van der Waals surface area contributed by atoms with Gasteiger partial charge in [-0.2, -0.15) is 0 Å². The highest BCUT2D eigenvalue weighted by Gasteiger charge is 2.31. The molecule has 0 saturated carbocycles. The summed E-state index contributed by atoms with van der Waals surface area (Å²) < 4.78 is 26.8. The number of piperidine rings is 1. The van der Waals surface area contributed by atoms with Crippen LogP contribution in [0.25, 0.3) is 0 Å². The summed E-state index contributed by atoms with van der Waals surface area (Å²) in [6.45, 7) is 10.7. The standard InChI is InChI=1S/C21H34F2N2O/c1-14(2)7-10-24-20(15(3)4)21(26)25-11-8-16(9-12-25)17-5-6-18(22)19(23)13-17/h5,13-16,18,20,24H,6-12H2,1-4H3/t18?,20-/m1/s1. The van der Waals surface area contributed by atoms with Gasteiger partial charge < -0.3 is 10.2 Å². The van der Waals surface area contributed by atoms with Crippen molar-refractivity contribution in [3.8, 4) is 0 Å². The van der Waals surface area contributed by atoms with Gasteiger partial charge in [-0.05, 0) is 55.2 Å². The molecular weight excluding hydrogens is 334 g/mol. The molecule has 1 fully saturated rings. The van der Waals surface area contributed by atoms with Gasteiger partial charge in [-0.25, -0.2) is 8.78 Å². The summed E-state index contributed by atoms with van der Waals surface area (Å²) in [6.07, 6.45) is 4.52. The highest BCUT2D eigenvalue weighted by molar-refractivity contribution is 5.82. The number of carbonyl (C=O) groups is 1. The molecule has 148 valence electrons. The number of nitrogens with zero attached hydrogens (tertiary/aromatic N) is 1. The first kappa shape index (κ1) is 21.1. The van der Waals surface area contributed by atoms with Gasteiger partial charge in [0.15, 0.2) is 6.17 Å². The van der Waals surface area contributed by atoms with Gasteiger partial charge in [-0.1, -0.05) is 33.8 Å². The molecule has 0 aromatic carbocycles. The summed E-state index contributed by atoms with van der Waals surface area (Å²) in [6, 6.07) is -0.149. The summed E-state index contributed by atoms with van der Waals surface area (Å²) in [5, 5.41) is 3.43. The van der Waals surface area contributed by atoms with E-state index in [4.69, 9.17) is 0 Å². The summed E-state index contributed by atoms with van der Waals surface area (Å²) in [5.41, 5.74) is 0.902. The van der Waals surface area contributed by atoms with Crippen molar-refractivity contribution >= 4 is 5.91 Å². The first-order valence-corrected chi connectivity index (χ1v) is 10.0. The number of rotatable bonds is 7. The van der Waals surface area contributed by atoms with Crippen LogP contribution in [0.3, 0.4) is 0 Å². The van der Waals surface area contributed by atoms with E-state index in [9.17, 15) is 13.6 Å². The number of amides is 1. The van der Waals surface area contributed by atoms with Gasteiger partial charge >= 0.3 is 0 Å². The second-order valence-corrected chi connectivity index (χ2v) is 8.39. The zero-order chi connectivity index (χ0) is 19.3. The summed E-state index contributed by atoms with van der Waals surface area (Å²) >= 11 is 0. The average Bonchev–Trinajstić information content (AvgIpc) is 2.60. The molecule has 0 aromatic rings. The van der Waals surface area contributed by atoms with E-state index in [2.05, 4.69) is 33.0 Å². The number of carbonyl (C=O) groups excluding carboxylic acids is 1. The van der Waals surface area contributed by atoms with Gasteiger partial charge in [0.2, 0.25) is 5.91 Å². The minimum absolute atomic E-state index is 0.131. The molecule has 2 rings (SSSR count). The molecule has 1 amide bonds. The molecule has 0 bridgehead atoms. The van der Waals surface area contributed by atoms with Crippen molar-refractivity contribution in [1.29, 1.82) is 0 Å². The van der Waals surface area contributed by atoms with Gasteiger partial charge in [0.05, 0.1) is 6.04 Å². The lowest BCUT2D eigenvalue weighted by atomic mass is 9.85. The Balaban J connectivity index is 1.88. The van der Waals surface area contributed by atoms with Crippen molar-refractivity contribution < 1.29 is 13.6 Å². The van der Waals surface area contributed by atoms with E-state index in [1.54, 1.807) is 0 Å². The number of allylic oxidation sites excluding steroid dienone is 4. The Labute approximate surface area is 156 Å². The van der Waals surface area contributed by atoms with E-state index in [0.717, 1.165) is 31.4 Å². The first-order valence-electron chi connectivity index (χ1n) is 10.0. The molecule has 1 aliphatic carbocycles. The maximum atomic E-state index is 13.5. The lowest BCUT2D eigenvalue weighted by molar-refractivity contribution is -0.135. The van der Waals surface area contributed by atoms with Crippen LogP contribution in [-0.2, 0) is 4.79 Å². The van der Waals surface area contributed by atoms with E-state index in [1.165, 1.54) is 6.08 Å². The normalized spacial score (nSPS) is 23.2. The predicted molar refractivity (Wildman–Crippen MR) is 102 cm³/mol. The number of likely N-dealkylation sites (tertiary alicyclic amines) is 1. The van der Waals surface area contributed by atoms with Gasteiger partial charge in [-0.3, -0.25) is 4.79 Å². The fourth-order valence-electron chi connectivity index (χ4n) is 3.71. The van der Waals surface area contributed by atoms with Crippen LogP contribution in [0.15, 0.2) is 23.6 Å². The summed E-state index contributed by atoms with van der Waals surface area (Å²) in [5.74, 6) is 0.596. The Hall–Kier alpha value is -1.23. The van der Waals surface area contributed by atoms with Crippen LogP contribution in [-0.4, -0.2) is 42.7 Å². The third kappa shape index (κ3) is 5.63. The van der Waals surface area contributed by atoms with Crippen LogP contribution in [0.4, 0.5) is 8.78 Å². The van der Waals surface area contributed by atoms with Crippen molar-refractivity contribution in [2.45, 2.75) is 65.6 Å². The monoisotopic (exact) mass is 368 g/mol. The summed E-state index contributed by atoms with van der Waals surface area (Å²) in [4.78, 5) is 14.9. The average molecular weight is 369 g/mol. The third-order valence-electron chi connectivity index (χ3n) is 5.46. The molecular formula is C21H34F2N2O. The smallest absolute Gasteiger partial charge is 0.239 e. The molecule has 1 N–H and O–H groups in total. The van der Waals surface area contributed by atoms with Crippen molar-refractivity contribution in [2.24, 2.45) is 17.8 Å². The molecule has 1 heterocycles. The zero-order valence-corrected chi connectivity index (χ0v) is 16.6. The molecule has 26 heavy (non-hydrogen) atoms. The lowest BCUT2D eigenvalue weighted by Gasteiger charge is -2.36. The largest absolute Gasteiger partial charge is 0.341 e. The SMILES string of the molecule is CC(C)CCN[C@@H](C(=O)N1CCC(C2=CCC(F)C(F)=C2)CC1)C(C)C. The molecule has 1 aliphatic heterocycles. The van der Waals surface area contributed by atoms with Crippen molar-refractivity contribution in [3.63, 3.8) is 0 Å². The topological polar surface area (TPSA) is 32.3 Å². The van der Waals surface area contributed by atoms with E-state index >= 15 is 0 Å². The molecule has 0 radical (unpaired) electrons. The molecule has 3 nitrogen and oxygen atoms in total. The minimum Gasteiger partial charge on any atom is -0.341 e. The van der Waals surface area contributed by atoms with E-state index in [-0.39, 0.29) is 30.2 Å². The Kier molecular flexibility index (Phi) is 7.81. The highest BCUT2D eigenvalue weighted by atomic mass is 19.2. The van der Waals surface area contributed by atoms with E-state index in [0.29, 0.717) is 19.0 Å². The van der Waals surface area contributed by atoms with Crippen LogP contribution >= 0.6 is 0 Å².